The third-order valence-corrected chi connectivity index (χ3v) is 8.92. The van der Waals surface area contributed by atoms with Crippen LogP contribution in [0.3, 0.4) is 0 Å². The summed E-state index contributed by atoms with van der Waals surface area (Å²) in [6, 6.07) is 30.5. The maximum absolute atomic E-state index is 11.0. The molecule has 42 heavy (non-hydrogen) atoms. The summed E-state index contributed by atoms with van der Waals surface area (Å²) in [5.74, 6) is 0. The predicted octanol–water partition coefficient (Wildman–Crippen LogP) is 8.38. The molecular weight excluding hydrogens is 586 g/mol. The van der Waals surface area contributed by atoms with Gasteiger partial charge in [-0.25, -0.2) is 0 Å². The lowest BCUT2D eigenvalue weighted by Gasteiger charge is -2.28. The van der Waals surface area contributed by atoms with E-state index in [2.05, 4.69) is 57.9 Å². The minimum Gasteiger partial charge on any atom is -0.351 e. The number of nitro groups is 1. The Bertz CT molecular complexity index is 1780. The lowest BCUT2D eigenvalue weighted by molar-refractivity contribution is -0.384. The van der Waals surface area contributed by atoms with Gasteiger partial charge in [0.2, 0.25) is 0 Å². The van der Waals surface area contributed by atoms with E-state index in [1.165, 1.54) is 12.1 Å². The highest BCUT2D eigenvalue weighted by Crippen LogP contribution is 2.44. The van der Waals surface area contributed by atoms with E-state index < -0.39 is 4.92 Å². The van der Waals surface area contributed by atoms with Crippen LogP contribution < -0.4 is 10.2 Å². The van der Waals surface area contributed by atoms with Crippen LogP contribution in [-0.2, 0) is 0 Å². The van der Waals surface area contributed by atoms with Crippen LogP contribution in [0.25, 0.3) is 5.69 Å². The zero-order valence-electron chi connectivity index (χ0n) is 22.8. The van der Waals surface area contributed by atoms with Crippen molar-refractivity contribution in [2.24, 2.45) is 0 Å². The Hall–Kier alpha value is -4.18. The Morgan fingerprint density at radius 3 is 2.29 bits per heavy atom. The van der Waals surface area contributed by atoms with Crippen molar-refractivity contribution >= 4 is 52.1 Å². The van der Waals surface area contributed by atoms with Crippen molar-refractivity contribution < 1.29 is 4.92 Å². The second kappa shape index (κ2) is 11.6. The second-order valence-corrected chi connectivity index (χ2v) is 12.0. The fourth-order valence-corrected chi connectivity index (χ4v) is 6.84. The van der Waals surface area contributed by atoms with E-state index in [1.807, 2.05) is 48.5 Å². The molecule has 0 saturated carbocycles. The zero-order chi connectivity index (χ0) is 29.4. The molecule has 0 aliphatic carbocycles. The Labute approximate surface area is 258 Å². The average Bonchev–Trinajstić information content (AvgIpc) is 3.48. The quantitative estimate of drug-likeness (QED) is 0.112. The molecule has 0 spiro atoms. The molecule has 1 aliphatic rings. The number of benzene rings is 3. The molecule has 3 heterocycles. The van der Waals surface area contributed by atoms with Crippen molar-refractivity contribution in [1.82, 2.24) is 14.9 Å². The van der Waals surface area contributed by atoms with E-state index in [4.69, 9.17) is 23.8 Å². The Balaban J connectivity index is 1.37. The molecule has 0 amide bonds. The van der Waals surface area contributed by atoms with Crippen LogP contribution in [0, 0.1) is 24.0 Å². The first-order valence-electron chi connectivity index (χ1n) is 13.3. The van der Waals surface area contributed by atoms with Gasteiger partial charge in [0.15, 0.2) is 5.11 Å². The maximum Gasteiger partial charge on any atom is 0.269 e. The number of pyridine rings is 1. The van der Waals surface area contributed by atoms with Gasteiger partial charge in [-0.05, 0) is 104 Å². The van der Waals surface area contributed by atoms with Crippen LogP contribution in [0.15, 0.2) is 113 Å². The molecule has 2 atom stereocenters. The Morgan fingerprint density at radius 1 is 0.929 bits per heavy atom. The molecule has 5 aromatic rings. The van der Waals surface area contributed by atoms with Crippen molar-refractivity contribution in [2.75, 3.05) is 4.90 Å². The normalized spacial score (nSPS) is 16.5. The first kappa shape index (κ1) is 28.0. The van der Waals surface area contributed by atoms with E-state index in [1.54, 1.807) is 30.1 Å². The number of halogens is 1. The third-order valence-electron chi connectivity index (χ3n) is 7.35. The number of aryl methyl sites for hydroxylation is 1. The number of nitrogens with one attached hydrogen (secondary N) is 1. The van der Waals surface area contributed by atoms with Gasteiger partial charge in [-0.2, -0.15) is 0 Å². The highest BCUT2D eigenvalue weighted by Gasteiger charge is 2.42. The number of aromatic nitrogens is 2. The van der Waals surface area contributed by atoms with Gasteiger partial charge in [0.05, 0.1) is 22.7 Å². The van der Waals surface area contributed by atoms with Crippen molar-refractivity contribution in [3.63, 3.8) is 0 Å². The highest BCUT2D eigenvalue weighted by molar-refractivity contribution is 7.99. The van der Waals surface area contributed by atoms with Crippen LogP contribution in [0.1, 0.15) is 34.7 Å². The molecule has 2 aromatic heterocycles. The standard InChI is InChI=1S/C32H26ClN5O2S2/c1-20-18-28(21(2)36(20)25-7-5-6-22(33)19-25)31-30(29-8-3-4-17-34-29)35-32(41)37(31)23-9-13-26(14-10-23)42-27-15-11-24(12-16-27)38(39)40/h3-19,30-31H,1-2H3,(H,35,41)/t30-,31+/m0/s1. The summed E-state index contributed by atoms with van der Waals surface area (Å²) in [5, 5.41) is 15.9. The van der Waals surface area contributed by atoms with Crippen molar-refractivity contribution in [3.8, 4) is 5.69 Å². The topological polar surface area (TPSA) is 76.2 Å². The smallest absolute Gasteiger partial charge is 0.269 e. The lowest BCUT2D eigenvalue weighted by Crippen LogP contribution is -2.29. The van der Waals surface area contributed by atoms with Gasteiger partial charge >= 0.3 is 0 Å². The molecule has 10 heteroatoms. The van der Waals surface area contributed by atoms with Gasteiger partial charge in [-0.1, -0.05) is 35.5 Å². The maximum atomic E-state index is 11.0. The van der Waals surface area contributed by atoms with Crippen LogP contribution in [0.5, 0.6) is 0 Å². The predicted molar refractivity (Wildman–Crippen MR) is 172 cm³/mol. The molecule has 0 bridgehead atoms. The number of non-ortho nitro benzene ring substituents is 1. The summed E-state index contributed by atoms with van der Waals surface area (Å²) in [5.41, 5.74) is 6.28. The molecule has 1 fully saturated rings. The summed E-state index contributed by atoms with van der Waals surface area (Å²) in [6.07, 6.45) is 1.80. The summed E-state index contributed by atoms with van der Waals surface area (Å²) in [6.45, 7) is 4.23. The van der Waals surface area contributed by atoms with E-state index in [9.17, 15) is 10.1 Å². The van der Waals surface area contributed by atoms with Gasteiger partial charge in [0.25, 0.3) is 5.69 Å². The molecule has 6 rings (SSSR count). The number of hydrogen-bond acceptors (Lipinski definition) is 5. The van der Waals surface area contributed by atoms with E-state index in [0.29, 0.717) is 10.1 Å². The fraction of sp³-hybridized carbons (Fsp3) is 0.125. The van der Waals surface area contributed by atoms with E-state index >= 15 is 0 Å². The summed E-state index contributed by atoms with van der Waals surface area (Å²) in [7, 11) is 0. The molecule has 210 valence electrons. The highest BCUT2D eigenvalue weighted by atomic mass is 35.5. The number of anilines is 1. The van der Waals surface area contributed by atoms with Gasteiger partial charge in [-0.15, -0.1) is 0 Å². The number of hydrogen-bond donors (Lipinski definition) is 1. The fourth-order valence-electron chi connectivity index (χ4n) is 5.50. The van der Waals surface area contributed by atoms with E-state index in [-0.39, 0.29) is 17.8 Å². The Morgan fingerprint density at radius 2 is 1.64 bits per heavy atom. The number of thiocarbonyl (C=S) groups is 1. The van der Waals surface area contributed by atoms with Gasteiger partial charge in [-0.3, -0.25) is 15.1 Å². The van der Waals surface area contributed by atoms with E-state index in [0.717, 1.165) is 43.8 Å². The molecule has 1 N–H and O–H groups in total. The molecular formula is C32H26ClN5O2S2. The number of nitro benzene ring substituents is 1. The average molecular weight is 612 g/mol. The van der Waals surface area contributed by atoms with Crippen LogP contribution in [0.4, 0.5) is 11.4 Å². The number of nitrogens with zero attached hydrogens (tertiary/aromatic N) is 4. The zero-order valence-corrected chi connectivity index (χ0v) is 25.2. The lowest BCUT2D eigenvalue weighted by atomic mass is 9.96. The van der Waals surface area contributed by atoms with Gasteiger partial charge in [0.1, 0.15) is 0 Å². The Kier molecular flexibility index (Phi) is 7.72. The molecule has 0 unspecified atom stereocenters. The molecule has 0 radical (unpaired) electrons. The van der Waals surface area contributed by atoms with Crippen molar-refractivity contribution in [2.45, 2.75) is 35.7 Å². The van der Waals surface area contributed by atoms with Crippen molar-refractivity contribution in [3.05, 3.63) is 141 Å². The first-order valence-corrected chi connectivity index (χ1v) is 14.9. The SMILES string of the molecule is Cc1cc([C@@H]2[C@H](c3ccccn3)NC(=S)N2c2ccc(Sc3ccc([N+](=O)[O-])cc3)cc2)c(C)n1-c1cccc(Cl)c1. The molecule has 1 aliphatic heterocycles. The minimum absolute atomic E-state index is 0.0768. The monoisotopic (exact) mass is 611 g/mol. The first-order chi connectivity index (χ1) is 20.3. The summed E-state index contributed by atoms with van der Waals surface area (Å²) in [4.78, 5) is 19.4. The van der Waals surface area contributed by atoms with Crippen LogP contribution in [-0.4, -0.2) is 19.6 Å². The van der Waals surface area contributed by atoms with Crippen LogP contribution >= 0.6 is 35.6 Å². The van der Waals surface area contributed by atoms with Gasteiger partial charge in [0, 0.05) is 55.9 Å². The molecule has 7 nitrogen and oxygen atoms in total. The second-order valence-electron chi connectivity index (χ2n) is 9.99. The molecule has 1 saturated heterocycles. The third kappa shape index (κ3) is 5.38. The minimum atomic E-state index is -0.392. The van der Waals surface area contributed by atoms with Crippen LogP contribution in [0.2, 0.25) is 5.02 Å². The number of rotatable bonds is 7. The summed E-state index contributed by atoms with van der Waals surface area (Å²) < 4.78 is 2.22. The van der Waals surface area contributed by atoms with Gasteiger partial charge < -0.3 is 14.8 Å². The summed E-state index contributed by atoms with van der Waals surface area (Å²) >= 11 is 13.8. The molecule has 3 aromatic carbocycles. The largest absolute Gasteiger partial charge is 0.351 e. The van der Waals surface area contributed by atoms with Crippen molar-refractivity contribution in [1.29, 1.82) is 0 Å².